The lowest BCUT2D eigenvalue weighted by Crippen LogP contribution is -2.34. The van der Waals surface area contributed by atoms with E-state index in [1.165, 1.54) is 18.2 Å². The van der Waals surface area contributed by atoms with Crippen molar-refractivity contribution in [1.29, 1.82) is 0 Å². The number of hydrogen-bond donors (Lipinski definition) is 3. The predicted molar refractivity (Wildman–Crippen MR) is 121 cm³/mol. The van der Waals surface area contributed by atoms with Crippen molar-refractivity contribution in [3.63, 3.8) is 0 Å². The maximum absolute atomic E-state index is 12.6. The van der Waals surface area contributed by atoms with Crippen molar-refractivity contribution >= 4 is 46.3 Å². The van der Waals surface area contributed by atoms with Crippen molar-refractivity contribution in [2.75, 3.05) is 23.3 Å². The fourth-order valence-corrected chi connectivity index (χ4v) is 3.75. The molecule has 0 radical (unpaired) electrons. The van der Waals surface area contributed by atoms with Gasteiger partial charge < -0.3 is 15.3 Å². The molecule has 0 bridgehead atoms. The molecule has 31 heavy (non-hydrogen) atoms. The lowest BCUT2D eigenvalue weighted by Gasteiger charge is -2.28. The summed E-state index contributed by atoms with van der Waals surface area (Å²) in [7, 11) is 0. The Morgan fingerprint density at radius 1 is 1.16 bits per heavy atom. The second kappa shape index (κ2) is 9.52. The molecule has 1 aliphatic rings. The number of thiocarbonyl (C=S) groups is 1. The van der Waals surface area contributed by atoms with Crippen LogP contribution in [0.5, 0.6) is 0 Å². The fraction of sp³-hybridized carbons (Fsp3) is 0.286. The van der Waals surface area contributed by atoms with E-state index in [1.807, 2.05) is 4.90 Å². The molecule has 2 aromatic rings. The molecule has 1 aliphatic heterocycles. The average molecular weight is 442 g/mol. The molecule has 10 heteroatoms. The molecule has 1 amide bonds. The Morgan fingerprint density at radius 3 is 2.52 bits per heavy atom. The van der Waals surface area contributed by atoms with Crippen molar-refractivity contribution in [2.45, 2.75) is 26.2 Å². The number of carboxylic acids is 1. The van der Waals surface area contributed by atoms with E-state index in [4.69, 9.17) is 12.2 Å². The van der Waals surface area contributed by atoms with Gasteiger partial charge in [0.2, 0.25) is 0 Å². The third-order valence-corrected chi connectivity index (χ3v) is 5.37. The zero-order valence-electron chi connectivity index (χ0n) is 16.9. The summed E-state index contributed by atoms with van der Waals surface area (Å²) in [5.41, 5.74) is 1.50. The van der Waals surface area contributed by atoms with Gasteiger partial charge in [0.25, 0.3) is 11.6 Å². The number of anilines is 2. The summed E-state index contributed by atoms with van der Waals surface area (Å²) < 4.78 is 0. The van der Waals surface area contributed by atoms with Gasteiger partial charge in [-0.15, -0.1) is 0 Å². The Hall–Kier alpha value is -3.53. The van der Waals surface area contributed by atoms with Crippen LogP contribution in [0, 0.1) is 17.0 Å². The molecule has 9 nitrogen and oxygen atoms in total. The van der Waals surface area contributed by atoms with E-state index in [-0.39, 0.29) is 21.9 Å². The van der Waals surface area contributed by atoms with Gasteiger partial charge in [0.15, 0.2) is 5.11 Å². The summed E-state index contributed by atoms with van der Waals surface area (Å²) in [6, 6.07) is 9.04. The first kappa shape index (κ1) is 22.2. The molecule has 0 spiro atoms. The number of carbonyl (C=O) groups is 2. The Morgan fingerprint density at radius 2 is 1.87 bits per heavy atom. The number of hydrogen-bond acceptors (Lipinski definition) is 6. The number of rotatable bonds is 5. The Labute approximate surface area is 184 Å². The Balaban J connectivity index is 1.75. The van der Waals surface area contributed by atoms with Crippen molar-refractivity contribution < 1.29 is 19.6 Å². The number of benzene rings is 2. The van der Waals surface area contributed by atoms with Gasteiger partial charge in [0.05, 0.1) is 10.5 Å². The number of amides is 1. The third-order valence-electron chi connectivity index (χ3n) is 5.17. The van der Waals surface area contributed by atoms with E-state index in [0.29, 0.717) is 16.9 Å². The highest BCUT2D eigenvalue weighted by Gasteiger charge is 2.23. The molecule has 1 heterocycles. The molecule has 1 saturated heterocycles. The van der Waals surface area contributed by atoms with Gasteiger partial charge in [0, 0.05) is 30.4 Å². The van der Waals surface area contributed by atoms with Gasteiger partial charge >= 0.3 is 5.97 Å². The number of nitro groups is 1. The summed E-state index contributed by atoms with van der Waals surface area (Å²) >= 11 is 5.16. The molecule has 162 valence electrons. The number of nitrogens with zero attached hydrogens (tertiary/aromatic N) is 2. The van der Waals surface area contributed by atoms with Gasteiger partial charge in [0.1, 0.15) is 5.69 Å². The zero-order valence-corrected chi connectivity index (χ0v) is 17.7. The summed E-state index contributed by atoms with van der Waals surface area (Å²) in [4.78, 5) is 36.9. The second-order valence-corrected chi connectivity index (χ2v) is 7.61. The van der Waals surface area contributed by atoms with Crippen molar-refractivity contribution in [1.82, 2.24) is 5.32 Å². The van der Waals surface area contributed by atoms with Crippen molar-refractivity contribution in [3.8, 4) is 0 Å². The monoisotopic (exact) mass is 442 g/mol. The number of nitro benzene ring substituents is 1. The normalized spacial score (nSPS) is 13.4. The Bertz CT molecular complexity index is 1050. The molecule has 0 saturated carbocycles. The van der Waals surface area contributed by atoms with E-state index < -0.39 is 16.8 Å². The van der Waals surface area contributed by atoms with E-state index in [9.17, 15) is 24.8 Å². The van der Waals surface area contributed by atoms with Crippen molar-refractivity contribution in [3.05, 3.63) is 63.2 Å². The van der Waals surface area contributed by atoms with Crippen LogP contribution in [-0.2, 0) is 0 Å². The highest BCUT2D eigenvalue weighted by Crippen LogP contribution is 2.31. The number of carboxylic acid groups (broad SMARTS) is 1. The first-order valence-corrected chi connectivity index (χ1v) is 10.2. The lowest BCUT2D eigenvalue weighted by atomic mass is 10.1. The number of aromatic carboxylic acids is 1. The first-order chi connectivity index (χ1) is 14.8. The van der Waals surface area contributed by atoms with Gasteiger partial charge in [-0.1, -0.05) is 6.07 Å². The molecule has 0 aliphatic carbocycles. The van der Waals surface area contributed by atoms with Crippen LogP contribution in [0.25, 0.3) is 0 Å². The van der Waals surface area contributed by atoms with Gasteiger partial charge in [-0.3, -0.25) is 20.2 Å². The van der Waals surface area contributed by atoms with E-state index >= 15 is 0 Å². The van der Waals surface area contributed by atoms with Gasteiger partial charge in [-0.05, 0) is 68.2 Å². The minimum atomic E-state index is -1.07. The second-order valence-electron chi connectivity index (χ2n) is 7.20. The summed E-state index contributed by atoms with van der Waals surface area (Å²) in [6.45, 7) is 3.11. The number of carbonyl (C=O) groups excluding carboxylic acids is 1. The topological polar surface area (TPSA) is 125 Å². The molecule has 0 atom stereocenters. The molecule has 0 aromatic heterocycles. The maximum atomic E-state index is 12.6. The largest absolute Gasteiger partial charge is 0.478 e. The molecule has 2 aromatic carbocycles. The van der Waals surface area contributed by atoms with Gasteiger partial charge in [-0.25, -0.2) is 4.79 Å². The molecular weight excluding hydrogens is 420 g/mol. The molecule has 3 N–H and O–H groups in total. The standard InChI is InChI=1S/C21H22N4O5S/c1-13-15(20(27)28)6-5-7-16(13)22-21(31)23-19(26)14-8-9-17(18(12-14)25(29)30)24-10-3-2-4-11-24/h5-9,12H,2-4,10-11H2,1H3,(H,27,28)(H2,22,23,26,31). The summed E-state index contributed by atoms with van der Waals surface area (Å²) in [5.74, 6) is -1.67. The fourth-order valence-electron chi connectivity index (χ4n) is 3.54. The first-order valence-electron chi connectivity index (χ1n) is 9.76. The number of nitrogens with one attached hydrogen (secondary N) is 2. The lowest BCUT2D eigenvalue weighted by molar-refractivity contribution is -0.384. The van der Waals surface area contributed by atoms with Crippen LogP contribution in [0.2, 0.25) is 0 Å². The van der Waals surface area contributed by atoms with Crippen molar-refractivity contribution in [2.24, 2.45) is 0 Å². The van der Waals surface area contributed by atoms with Crippen LogP contribution in [0.1, 0.15) is 45.5 Å². The van der Waals surface area contributed by atoms with Crippen LogP contribution >= 0.6 is 12.2 Å². The van der Waals surface area contributed by atoms with Crippen LogP contribution in [-0.4, -0.2) is 40.1 Å². The molecule has 0 unspecified atom stereocenters. The molecule has 1 fully saturated rings. The molecule has 3 rings (SSSR count). The average Bonchev–Trinajstić information content (AvgIpc) is 2.75. The van der Waals surface area contributed by atoms with Crippen LogP contribution in [0.3, 0.4) is 0 Å². The van der Waals surface area contributed by atoms with E-state index in [1.54, 1.807) is 25.1 Å². The maximum Gasteiger partial charge on any atom is 0.336 e. The van der Waals surface area contributed by atoms with Crippen LogP contribution < -0.4 is 15.5 Å². The van der Waals surface area contributed by atoms with Gasteiger partial charge in [-0.2, -0.15) is 0 Å². The highest BCUT2D eigenvalue weighted by molar-refractivity contribution is 7.80. The summed E-state index contributed by atoms with van der Waals surface area (Å²) in [5, 5.41) is 26.0. The SMILES string of the molecule is Cc1c(NC(=S)NC(=O)c2ccc(N3CCCCC3)c([N+](=O)[O-])c2)cccc1C(=O)O. The Kier molecular flexibility index (Phi) is 6.81. The van der Waals surface area contributed by atoms with E-state index in [2.05, 4.69) is 10.6 Å². The quantitative estimate of drug-likeness (QED) is 0.364. The minimum Gasteiger partial charge on any atom is -0.478 e. The van der Waals surface area contributed by atoms with E-state index in [0.717, 1.165) is 32.4 Å². The van der Waals surface area contributed by atoms with Crippen LogP contribution in [0.15, 0.2) is 36.4 Å². The van der Waals surface area contributed by atoms with Crippen LogP contribution in [0.4, 0.5) is 17.1 Å². The third kappa shape index (κ3) is 5.15. The minimum absolute atomic E-state index is 0.0431. The zero-order chi connectivity index (χ0) is 22.5. The molecular formula is C21H22N4O5S. The highest BCUT2D eigenvalue weighted by atomic mass is 32.1. The number of piperidine rings is 1. The smallest absolute Gasteiger partial charge is 0.336 e. The summed E-state index contributed by atoms with van der Waals surface area (Å²) in [6.07, 6.45) is 3.05. The predicted octanol–water partition coefficient (Wildman–Crippen LogP) is 3.72.